The molecule has 0 spiro atoms. The van der Waals surface area contributed by atoms with E-state index >= 15 is 0 Å². The second-order valence-corrected chi connectivity index (χ2v) is 5.21. The summed E-state index contributed by atoms with van der Waals surface area (Å²) in [4.78, 5) is 20.9. The average Bonchev–Trinajstić information content (AvgIpc) is 2.79. The van der Waals surface area contributed by atoms with Gasteiger partial charge in [0, 0.05) is 12.7 Å². The third-order valence-corrected chi connectivity index (χ3v) is 3.75. The first-order valence-electron chi connectivity index (χ1n) is 6.30. The lowest BCUT2D eigenvalue weighted by atomic mass is 10.2. The Morgan fingerprint density at radius 3 is 3.00 bits per heavy atom. The minimum Gasteiger partial charge on any atom is -0.382 e. The molecule has 0 radical (unpaired) electrons. The van der Waals surface area contributed by atoms with Crippen LogP contribution in [0.1, 0.15) is 27.9 Å². The van der Waals surface area contributed by atoms with E-state index in [1.165, 1.54) is 11.3 Å². The van der Waals surface area contributed by atoms with Crippen molar-refractivity contribution in [1.29, 1.82) is 0 Å². The number of anilines is 2. The minimum absolute atomic E-state index is 0.228. The Kier molecular flexibility index (Phi) is 4.52. The van der Waals surface area contributed by atoms with Crippen LogP contribution in [0, 0.1) is 6.92 Å². The number of aromatic nitrogens is 2. The van der Waals surface area contributed by atoms with E-state index in [0.717, 1.165) is 17.8 Å². The third-order valence-electron chi connectivity index (χ3n) is 2.72. The van der Waals surface area contributed by atoms with Gasteiger partial charge in [-0.2, -0.15) is 0 Å². The molecule has 0 fully saturated rings. The lowest BCUT2D eigenvalue weighted by Gasteiger charge is -2.05. The van der Waals surface area contributed by atoms with E-state index < -0.39 is 0 Å². The van der Waals surface area contributed by atoms with Gasteiger partial charge in [0.15, 0.2) is 5.13 Å². The summed E-state index contributed by atoms with van der Waals surface area (Å²) in [5, 5.41) is 6.51. The van der Waals surface area contributed by atoms with Crippen molar-refractivity contribution in [2.75, 3.05) is 17.6 Å². The summed E-state index contributed by atoms with van der Waals surface area (Å²) in [5.41, 5.74) is 7.64. The van der Waals surface area contributed by atoms with Crippen molar-refractivity contribution >= 4 is 28.2 Å². The van der Waals surface area contributed by atoms with Gasteiger partial charge in [-0.3, -0.25) is 9.78 Å². The summed E-state index contributed by atoms with van der Waals surface area (Å²) >= 11 is 1.25. The quantitative estimate of drug-likeness (QED) is 0.781. The smallest absolute Gasteiger partial charge is 0.265 e. The number of aryl methyl sites for hydroxylation is 1. The molecule has 0 aliphatic rings. The second-order valence-electron chi connectivity index (χ2n) is 4.21. The number of nitrogens with two attached hydrogens (primary N) is 1. The lowest BCUT2D eigenvalue weighted by molar-refractivity contribution is 0.0955. The van der Waals surface area contributed by atoms with Crippen LogP contribution in [0.2, 0.25) is 0 Å². The van der Waals surface area contributed by atoms with Gasteiger partial charge in [0.1, 0.15) is 10.7 Å². The summed E-state index contributed by atoms with van der Waals surface area (Å²) in [6.07, 6.45) is 1.71. The highest BCUT2D eigenvalue weighted by Crippen LogP contribution is 2.24. The molecule has 0 aliphatic heterocycles. The fourth-order valence-electron chi connectivity index (χ4n) is 1.67. The van der Waals surface area contributed by atoms with E-state index in [4.69, 9.17) is 5.73 Å². The highest BCUT2D eigenvalue weighted by Gasteiger charge is 2.16. The van der Waals surface area contributed by atoms with Gasteiger partial charge in [0.2, 0.25) is 0 Å². The molecule has 2 aromatic heterocycles. The van der Waals surface area contributed by atoms with Gasteiger partial charge >= 0.3 is 0 Å². The van der Waals surface area contributed by atoms with Crippen molar-refractivity contribution in [3.05, 3.63) is 34.5 Å². The van der Waals surface area contributed by atoms with E-state index in [9.17, 15) is 4.79 Å². The molecule has 0 bridgehead atoms. The van der Waals surface area contributed by atoms with E-state index in [2.05, 4.69) is 20.6 Å². The van der Waals surface area contributed by atoms with Crippen LogP contribution in [-0.2, 0) is 6.54 Å². The maximum Gasteiger partial charge on any atom is 0.265 e. The number of hydrogen-bond donors (Lipinski definition) is 3. The van der Waals surface area contributed by atoms with Crippen LogP contribution in [0.5, 0.6) is 0 Å². The van der Waals surface area contributed by atoms with Crippen LogP contribution < -0.4 is 16.4 Å². The van der Waals surface area contributed by atoms with Gasteiger partial charge in [-0.25, -0.2) is 4.98 Å². The number of carbonyl (C=O) groups excluding carboxylic acids is 1. The van der Waals surface area contributed by atoms with Gasteiger partial charge < -0.3 is 16.4 Å². The molecule has 0 atom stereocenters. The molecule has 0 aromatic carbocycles. The molecule has 0 unspecified atom stereocenters. The number of hydrogen-bond acceptors (Lipinski definition) is 6. The molecule has 0 aliphatic carbocycles. The fourth-order valence-corrected chi connectivity index (χ4v) is 2.54. The van der Waals surface area contributed by atoms with Gasteiger partial charge in [0.05, 0.1) is 12.2 Å². The summed E-state index contributed by atoms with van der Waals surface area (Å²) < 4.78 is 0. The molecule has 0 saturated heterocycles. The fraction of sp³-hybridized carbons (Fsp3) is 0.308. The highest BCUT2D eigenvalue weighted by atomic mass is 32.1. The molecular weight excluding hydrogens is 274 g/mol. The zero-order valence-corrected chi connectivity index (χ0v) is 12.3. The Bertz CT molecular complexity index is 611. The Morgan fingerprint density at radius 1 is 1.50 bits per heavy atom. The van der Waals surface area contributed by atoms with Crippen molar-refractivity contribution in [2.24, 2.45) is 0 Å². The maximum absolute atomic E-state index is 12.1. The molecule has 7 heteroatoms. The second kappa shape index (κ2) is 6.33. The monoisotopic (exact) mass is 291 g/mol. The van der Waals surface area contributed by atoms with Crippen LogP contribution in [0.3, 0.4) is 0 Å². The number of nitrogens with one attached hydrogen (secondary N) is 2. The molecule has 1 amide bonds. The highest BCUT2D eigenvalue weighted by molar-refractivity contribution is 7.18. The number of nitrogen functional groups attached to an aromatic ring is 1. The van der Waals surface area contributed by atoms with Gasteiger partial charge in [-0.15, -0.1) is 0 Å². The summed E-state index contributed by atoms with van der Waals surface area (Å²) in [6.45, 7) is 5.03. The zero-order chi connectivity index (χ0) is 14.5. The number of carbonyl (C=O) groups is 1. The van der Waals surface area contributed by atoms with Crippen LogP contribution in [0.25, 0.3) is 0 Å². The van der Waals surface area contributed by atoms with Crippen LogP contribution in [0.4, 0.5) is 10.9 Å². The van der Waals surface area contributed by atoms with Crippen molar-refractivity contribution in [2.45, 2.75) is 20.4 Å². The Labute approximate surface area is 121 Å². The molecule has 6 nitrogen and oxygen atoms in total. The maximum atomic E-state index is 12.1. The van der Waals surface area contributed by atoms with Crippen molar-refractivity contribution in [3.8, 4) is 0 Å². The molecule has 2 aromatic rings. The van der Waals surface area contributed by atoms with Crippen LogP contribution in [0.15, 0.2) is 18.3 Å². The first-order valence-corrected chi connectivity index (χ1v) is 7.12. The SMILES string of the molecule is CCNc1nc(N)c(C(=O)NCc2ncccc2C)s1. The predicted octanol–water partition coefficient (Wildman–Crippen LogP) is 1.79. The van der Waals surface area contributed by atoms with Crippen molar-refractivity contribution < 1.29 is 4.79 Å². The average molecular weight is 291 g/mol. The van der Waals surface area contributed by atoms with Gasteiger partial charge in [-0.05, 0) is 25.5 Å². The molecule has 106 valence electrons. The van der Waals surface area contributed by atoms with Crippen LogP contribution >= 0.6 is 11.3 Å². The normalized spacial score (nSPS) is 10.3. The van der Waals surface area contributed by atoms with E-state index in [0.29, 0.717) is 16.6 Å². The topological polar surface area (TPSA) is 92.9 Å². The summed E-state index contributed by atoms with van der Waals surface area (Å²) in [6, 6.07) is 3.82. The van der Waals surface area contributed by atoms with Crippen LogP contribution in [-0.4, -0.2) is 22.4 Å². The van der Waals surface area contributed by atoms with E-state index in [-0.39, 0.29) is 11.7 Å². The van der Waals surface area contributed by atoms with Crippen molar-refractivity contribution in [3.63, 3.8) is 0 Å². The molecular formula is C13H17N5OS. The lowest BCUT2D eigenvalue weighted by Crippen LogP contribution is -2.23. The van der Waals surface area contributed by atoms with E-state index in [1.807, 2.05) is 26.0 Å². The molecule has 0 saturated carbocycles. The number of rotatable bonds is 5. The molecule has 2 heterocycles. The molecule has 4 N–H and O–H groups in total. The number of amides is 1. The summed E-state index contributed by atoms with van der Waals surface area (Å²) in [5.74, 6) is 0.0235. The Morgan fingerprint density at radius 2 is 2.30 bits per heavy atom. The largest absolute Gasteiger partial charge is 0.382 e. The third kappa shape index (κ3) is 3.24. The van der Waals surface area contributed by atoms with Gasteiger partial charge in [-0.1, -0.05) is 17.4 Å². The van der Waals surface area contributed by atoms with Gasteiger partial charge in [0.25, 0.3) is 5.91 Å². The Hall–Kier alpha value is -2.15. The molecule has 20 heavy (non-hydrogen) atoms. The van der Waals surface area contributed by atoms with E-state index in [1.54, 1.807) is 6.20 Å². The Balaban J connectivity index is 2.03. The minimum atomic E-state index is -0.228. The number of thiazole rings is 1. The molecule has 2 rings (SSSR count). The number of pyridine rings is 1. The summed E-state index contributed by atoms with van der Waals surface area (Å²) in [7, 11) is 0. The number of nitrogens with zero attached hydrogens (tertiary/aromatic N) is 2. The zero-order valence-electron chi connectivity index (χ0n) is 11.4. The standard InChI is InChI=1S/C13H17N5OS/c1-3-15-13-18-11(14)10(20-13)12(19)17-7-9-8(2)5-4-6-16-9/h4-6H,3,7,14H2,1-2H3,(H,15,18)(H,17,19). The van der Waals surface area contributed by atoms with Crippen molar-refractivity contribution in [1.82, 2.24) is 15.3 Å². The first-order chi connectivity index (χ1) is 9.61. The predicted molar refractivity (Wildman–Crippen MR) is 80.8 cm³/mol. The first kappa shape index (κ1) is 14.3.